The third-order valence-corrected chi connectivity index (χ3v) is 5.43. The molecule has 2 rings (SSSR count). The zero-order chi connectivity index (χ0) is 18.2. The van der Waals surface area contributed by atoms with E-state index in [-0.39, 0.29) is 17.9 Å². The van der Waals surface area contributed by atoms with Gasteiger partial charge in [0.1, 0.15) is 0 Å². The smallest absolute Gasteiger partial charge is 0.223 e. The van der Waals surface area contributed by atoms with E-state index in [1.54, 1.807) is 0 Å². The van der Waals surface area contributed by atoms with Gasteiger partial charge in [0.15, 0.2) is 0 Å². The van der Waals surface area contributed by atoms with Gasteiger partial charge in [-0.2, -0.15) is 0 Å². The summed E-state index contributed by atoms with van der Waals surface area (Å²) in [7, 11) is 0. The van der Waals surface area contributed by atoms with E-state index in [1.165, 1.54) is 6.42 Å². The number of nitrogens with one attached hydrogen (secondary N) is 1. The molecule has 0 spiro atoms. The molecular formula is C21H34N2O2. The molecule has 25 heavy (non-hydrogen) atoms. The van der Waals surface area contributed by atoms with Crippen molar-refractivity contribution in [3.8, 4) is 0 Å². The van der Waals surface area contributed by atoms with Crippen molar-refractivity contribution in [3.63, 3.8) is 0 Å². The number of carbonyl (C=O) groups excluding carboxylic acids is 1. The van der Waals surface area contributed by atoms with Gasteiger partial charge in [-0.3, -0.25) is 4.79 Å². The fourth-order valence-electron chi connectivity index (χ4n) is 3.98. The Bertz CT molecular complexity index is 518. The zero-order valence-electron chi connectivity index (χ0n) is 15.9. The molecule has 0 heterocycles. The standard InChI is InChI=1S/C21H34N2O2/c1-15(2)18-10-9-16(3)13-19(18)21(24)23-14-20(25-12-11-22)17-7-5-4-6-8-17/h4-8,15-16,18-20H,9-14,22H2,1-3H3,(H,23,24)/t16-,18+,19?,20?/m1/s1. The molecule has 4 heteroatoms. The van der Waals surface area contributed by atoms with Crippen LogP contribution in [0, 0.1) is 23.7 Å². The number of carbonyl (C=O) groups is 1. The van der Waals surface area contributed by atoms with Gasteiger partial charge in [0.25, 0.3) is 0 Å². The Morgan fingerprint density at radius 3 is 2.64 bits per heavy atom. The van der Waals surface area contributed by atoms with Crippen molar-refractivity contribution in [1.82, 2.24) is 5.32 Å². The van der Waals surface area contributed by atoms with Gasteiger partial charge in [0.2, 0.25) is 5.91 Å². The highest BCUT2D eigenvalue weighted by molar-refractivity contribution is 5.79. The highest BCUT2D eigenvalue weighted by Gasteiger charge is 2.35. The van der Waals surface area contributed by atoms with Crippen LogP contribution in [0.5, 0.6) is 0 Å². The Labute approximate surface area is 152 Å². The Morgan fingerprint density at radius 1 is 1.28 bits per heavy atom. The van der Waals surface area contributed by atoms with E-state index in [0.29, 0.717) is 37.5 Å². The van der Waals surface area contributed by atoms with Crippen LogP contribution in [0.15, 0.2) is 30.3 Å². The molecule has 1 aromatic rings. The van der Waals surface area contributed by atoms with Crippen LogP contribution in [-0.2, 0) is 9.53 Å². The third kappa shape index (κ3) is 5.82. The molecule has 140 valence electrons. The topological polar surface area (TPSA) is 64.3 Å². The molecule has 1 fully saturated rings. The fourth-order valence-corrected chi connectivity index (χ4v) is 3.98. The van der Waals surface area contributed by atoms with Crippen molar-refractivity contribution < 1.29 is 9.53 Å². The van der Waals surface area contributed by atoms with Gasteiger partial charge in [-0.1, -0.05) is 57.5 Å². The fraction of sp³-hybridized carbons (Fsp3) is 0.667. The minimum absolute atomic E-state index is 0.120. The number of benzene rings is 1. The molecule has 1 saturated carbocycles. The second-order valence-corrected chi connectivity index (χ2v) is 7.74. The second-order valence-electron chi connectivity index (χ2n) is 7.74. The summed E-state index contributed by atoms with van der Waals surface area (Å²) in [5.41, 5.74) is 6.66. The van der Waals surface area contributed by atoms with E-state index >= 15 is 0 Å². The third-order valence-electron chi connectivity index (χ3n) is 5.43. The SMILES string of the molecule is CC(C)[C@@H]1CC[C@@H](C)CC1C(=O)NCC(OCCN)c1ccccc1. The summed E-state index contributed by atoms with van der Waals surface area (Å²) < 4.78 is 5.87. The first-order valence-electron chi connectivity index (χ1n) is 9.67. The lowest BCUT2D eigenvalue weighted by Crippen LogP contribution is -2.41. The van der Waals surface area contributed by atoms with Gasteiger partial charge in [0, 0.05) is 19.0 Å². The number of hydrogen-bond donors (Lipinski definition) is 2. The molecular weight excluding hydrogens is 312 g/mol. The Kier molecular flexibility index (Phi) is 7.91. The van der Waals surface area contributed by atoms with E-state index in [4.69, 9.17) is 10.5 Å². The minimum Gasteiger partial charge on any atom is -0.370 e. The van der Waals surface area contributed by atoms with Crippen LogP contribution in [0.4, 0.5) is 0 Å². The molecule has 1 amide bonds. The first-order chi connectivity index (χ1) is 12.0. The Balaban J connectivity index is 1.99. The number of hydrogen-bond acceptors (Lipinski definition) is 3. The van der Waals surface area contributed by atoms with Crippen LogP contribution < -0.4 is 11.1 Å². The normalized spacial score (nSPS) is 24.9. The molecule has 1 aromatic carbocycles. The lowest BCUT2D eigenvalue weighted by Gasteiger charge is -2.36. The van der Waals surface area contributed by atoms with Crippen LogP contribution >= 0.6 is 0 Å². The van der Waals surface area contributed by atoms with Crippen LogP contribution in [0.1, 0.15) is 51.7 Å². The number of nitrogens with two attached hydrogens (primary N) is 1. The lowest BCUT2D eigenvalue weighted by atomic mass is 9.70. The first-order valence-corrected chi connectivity index (χ1v) is 9.67. The summed E-state index contributed by atoms with van der Waals surface area (Å²) in [4.78, 5) is 12.9. The number of rotatable bonds is 8. The predicted octanol–water partition coefficient (Wildman–Crippen LogP) is 3.53. The van der Waals surface area contributed by atoms with Crippen LogP contribution in [0.25, 0.3) is 0 Å². The van der Waals surface area contributed by atoms with Gasteiger partial charge < -0.3 is 15.8 Å². The number of amides is 1. The Morgan fingerprint density at radius 2 is 2.00 bits per heavy atom. The average molecular weight is 347 g/mol. The molecule has 3 N–H and O–H groups in total. The molecule has 0 bridgehead atoms. The maximum absolute atomic E-state index is 12.9. The number of ether oxygens (including phenoxy) is 1. The predicted molar refractivity (Wildman–Crippen MR) is 102 cm³/mol. The van der Waals surface area contributed by atoms with E-state index < -0.39 is 0 Å². The summed E-state index contributed by atoms with van der Waals surface area (Å²) in [6, 6.07) is 10.0. The first kappa shape index (κ1) is 19.9. The molecule has 4 atom stereocenters. The average Bonchev–Trinajstić information content (AvgIpc) is 2.62. The van der Waals surface area contributed by atoms with Crippen molar-refractivity contribution in [2.24, 2.45) is 29.4 Å². The summed E-state index contributed by atoms with van der Waals surface area (Å²) in [5, 5.41) is 3.16. The van der Waals surface area contributed by atoms with Crippen molar-refractivity contribution in [1.29, 1.82) is 0 Å². The van der Waals surface area contributed by atoms with Crippen molar-refractivity contribution in [2.75, 3.05) is 19.7 Å². The minimum atomic E-state index is -0.146. The Hall–Kier alpha value is -1.39. The quantitative estimate of drug-likeness (QED) is 0.757. The molecule has 1 aliphatic carbocycles. The summed E-state index contributed by atoms with van der Waals surface area (Å²) in [5.74, 6) is 1.96. The van der Waals surface area contributed by atoms with Gasteiger partial charge in [0.05, 0.1) is 12.7 Å². The largest absolute Gasteiger partial charge is 0.370 e. The maximum Gasteiger partial charge on any atom is 0.223 e. The van der Waals surface area contributed by atoms with Gasteiger partial charge in [-0.25, -0.2) is 0 Å². The molecule has 0 radical (unpaired) electrons. The van der Waals surface area contributed by atoms with E-state index in [9.17, 15) is 4.79 Å². The van der Waals surface area contributed by atoms with E-state index in [0.717, 1.165) is 18.4 Å². The molecule has 0 aromatic heterocycles. The van der Waals surface area contributed by atoms with Crippen LogP contribution in [0.2, 0.25) is 0 Å². The molecule has 1 aliphatic rings. The van der Waals surface area contributed by atoms with Crippen molar-refractivity contribution in [3.05, 3.63) is 35.9 Å². The van der Waals surface area contributed by atoms with Gasteiger partial charge >= 0.3 is 0 Å². The van der Waals surface area contributed by atoms with E-state index in [2.05, 4.69) is 26.1 Å². The maximum atomic E-state index is 12.9. The molecule has 2 unspecified atom stereocenters. The van der Waals surface area contributed by atoms with Gasteiger partial charge in [-0.05, 0) is 36.2 Å². The molecule has 0 saturated heterocycles. The van der Waals surface area contributed by atoms with Crippen LogP contribution in [0.3, 0.4) is 0 Å². The summed E-state index contributed by atoms with van der Waals surface area (Å²) in [6.45, 7) is 8.19. The lowest BCUT2D eigenvalue weighted by molar-refractivity contribution is -0.130. The highest BCUT2D eigenvalue weighted by atomic mass is 16.5. The second kappa shape index (κ2) is 9.93. The summed E-state index contributed by atoms with van der Waals surface area (Å²) in [6.07, 6.45) is 3.24. The monoisotopic (exact) mass is 346 g/mol. The summed E-state index contributed by atoms with van der Waals surface area (Å²) >= 11 is 0. The van der Waals surface area contributed by atoms with Crippen LogP contribution in [-0.4, -0.2) is 25.6 Å². The van der Waals surface area contributed by atoms with Crippen molar-refractivity contribution in [2.45, 2.75) is 46.1 Å². The highest BCUT2D eigenvalue weighted by Crippen LogP contribution is 2.38. The van der Waals surface area contributed by atoms with Crippen molar-refractivity contribution >= 4 is 5.91 Å². The van der Waals surface area contributed by atoms with Gasteiger partial charge in [-0.15, -0.1) is 0 Å². The molecule has 0 aliphatic heterocycles. The zero-order valence-corrected chi connectivity index (χ0v) is 15.9. The van der Waals surface area contributed by atoms with E-state index in [1.807, 2.05) is 30.3 Å². The molecule has 4 nitrogen and oxygen atoms in total.